The van der Waals surface area contributed by atoms with Crippen LogP contribution in [0.1, 0.15) is 120 Å². The molecule has 190 valence electrons. The maximum atomic E-state index is 11.2. The largest absolute Gasteiger partial charge is 0.390 e. The quantitative estimate of drug-likeness (QED) is 0.437. The molecule has 0 radical (unpaired) electrons. The first kappa shape index (κ1) is 24.6. The summed E-state index contributed by atoms with van der Waals surface area (Å²) in [5.41, 5.74) is 0.407. The van der Waals surface area contributed by atoms with Gasteiger partial charge in [0.2, 0.25) is 0 Å². The molecule has 1 saturated heterocycles. The maximum Gasteiger partial charge on any atom is 0.198 e. The SMILES string of the molecule is C[C@@H](CCCC(C)(C)O)[C@H]1CC[C@@]2(C)[C@H]1CC[C@@H]1[C@@]3(C)CC4O[C@@]4(O)C(C)(C)C3CC[C@]12C. The molecule has 3 heteroatoms. The molecule has 0 aromatic rings. The first-order chi connectivity index (χ1) is 15.1. The van der Waals surface area contributed by atoms with Crippen molar-refractivity contribution in [1.29, 1.82) is 0 Å². The van der Waals surface area contributed by atoms with E-state index in [1.165, 1.54) is 44.9 Å². The van der Waals surface area contributed by atoms with E-state index in [0.717, 1.165) is 42.9 Å². The minimum absolute atomic E-state index is 0.0498. The Hall–Kier alpha value is -0.120. The summed E-state index contributed by atoms with van der Waals surface area (Å²) in [6.07, 6.45) is 12.5. The van der Waals surface area contributed by atoms with E-state index in [9.17, 15) is 10.2 Å². The molecule has 4 saturated carbocycles. The van der Waals surface area contributed by atoms with Crippen molar-refractivity contribution in [3.8, 4) is 0 Å². The average Bonchev–Trinajstić information content (AvgIpc) is 3.20. The van der Waals surface area contributed by atoms with Gasteiger partial charge in [-0.2, -0.15) is 0 Å². The Labute approximate surface area is 203 Å². The van der Waals surface area contributed by atoms with E-state index in [2.05, 4.69) is 41.5 Å². The molecule has 5 aliphatic rings. The van der Waals surface area contributed by atoms with Crippen LogP contribution in [0.3, 0.4) is 0 Å². The second kappa shape index (κ2) is 7.22. The van der Waals surface area contributed by atoms with E-state index in [4.69, 9.17) is 4.74 Å². The van der Waals surface area contributed by atoms with Gasteiger partial charge in [-0.15, -0.1) is 0 Å². The molecule has 10 atom stereocenters. The minimum atomic E-state index is -0.872. The van der Waals surface area contributed by atoms with Crippen LogP contribution in [0.5, 0.6) is 0 Å². The summed E-state index contributed by atoms with van der Waals surface area (Å²) >= 11 is 0. The number of rotatable bonds is 5. The van der Waals surface area contributed by atoms with E-state index in [-0.39, 0.29) is 16.9 Å². The molecule has 0 amide bonds. The van der Waals surface area contributed by atoms with Gasteiger partial charge in [-0.3, -0.25) is 0 Å². The number of epoxide rings is 1. The van der Waals surface area contributed by atoms with Gasteiger partial charge in [-0.1, -0.05) is 54.4 Å². The van der Waals surface area contributed by atoms with Gasteiger partial charge in [0.05, 0.1) is 5.60 Å². The number of hydrogen-bond acceptors (Lipinski definition) is 3. The third-order valence-electron chi connectivity index (χ3n) is 13.0. The van der Waals surface area contributed by atoms with Crippen molar-refractivity contribution < 1.29 is 14.9 Å². The Morgan fingerprint density at radius 3 is 2.27 bits per heavy atom. The van der Waals surface area contributed by atoms with Gasteiger partial charge in [0, 0.05) is 5.41 Å². The summed E-state index contributed by atoms with van der Waals surface area (Å²) in [4.78, 5) is 0. The van der Waals surface area contributed by atoms with Gasteiger partial charge in [0.25, 0.3) is 0 Å². The molecule has 2 N–H and O–H groups in total. The summed E-state index contributed by atoms with van der Waals surface area (Å²) in [5.74, 6) is 2.87. The molecule has 0 aromatic heterocycles. The van der Waals surface area contributed by atoms with Crippen molar-refractivity contribution in [2.45, 2.75) is 137 Å². The predicted molar refractivity (Wildman–Crippen MR) is 134 cm³/mol. The van der Waals surface area contributed by atoms with E-state index in [1.807, 2.05) is 13.8 Å². The molecule has 0 aromatic carbocycles. The number of hydrogen-bond donors (Lipinski definition) is 2. The number of ether oxygens (including phenoxy) is 1. The molecule has 33 heavy (non-hydrogen) atoms. The van der Waals surface area contributed by atoms with Crippen LogP contribution in [-0.4, -0.2) is 27.7 Å². The standard InChI is InChI=1S/C30H52O3/c1-19(10-9-15-25(2,3)31)20-13-16-28(7)21(20)11-12-23-27(6)18-24-30(32,33-24)26(4,5)22(27)14-17-29(23,28)8/h19-24,31-32H,9-18H2,1-8H3/t19-,20+,21-,22?,23+,24?,27-,28-,29+,30+/m0/s1. The van der Waals surface area contributed by atoms with Crippen molar-refractivity contribution in [2.24, 2.45) is 51.2 Å². The molecule has 2 unspecified atom stereocenters. The van der Waals surface area contributed by atoms with Crippen molar-refractivity contribution in [1.82, 2.24) is 0 Å². The Bertz CT molecular complexity index is 784. The summed E-state index contributed by atoms with van der Waals surface area (Å²) in [6.45, 7) is 18.9. The lowest BCUT2D eigenvalue weighted by Crippen LogP contribution is -2.64. The van der Waals surface area contributed by atoms with Crippen LogP contribution in [0.15, 0.2) is 0 Å². The first-order valence-electron chi connectivity index (χ1n) is 14.2. The summed E-state index contributed by atoms with van der Waals surface area (Å²) in [7, 11) is 0. The van der Waals surface area contributed by atoms with Gasteiger partial charge < -0.3 is 14.9 Å². The highest BCUT2D eigenvalue weighted by Crippen LogP contribution is 2.78. The van der Waals surface area contributed by atoms with Crippen LogP contribution >= 0.6 is 0 Å². The molecule has 1 heterocycles. The lowest BCUT2D eigenvalue weighted by atomic mass is 9.35. The summed E-state index contributed by atoms with van der Waals surface area (Å²) in [5, 5.41) is 21.3. The lowest BCUT2D eigenvalue weighted by Gasteiger charge is -2.69. The molecule has 3 nitrogen and oxygen atoms in total. The van der Waals surface area contributed by atoms with Crippen molar-refractivity contribution in [3.63, 3.8) is 0 Å². The zero-order chi connectivity index (χ0) is 24.2. The highest BCUT2D eigenvalue weighted by molar-refractivity contribution is 5.22. The number of aliphatic hydroxyl groups is 2. The second-order valence-electron chi connectivity index (χ2n) is 15.3. The Morgan fingerprint density at radius 1 is 0.939 bits per heavy atom. The molecule has 0 spiro atoms. The van der Waals surface area contributed by atoms with Gasteiger partial charge >= 0.3 is 0 Å². The van der Waals surface area contributed by atoms with Gasteiger partial charge in [0.15, 0.2) is 5.79 Å². The van der Waals surface area contributed by atoms with Gasteiger partial charge in [0.1, 0.15) is 6.10 Å². The fraction of sp³-hybridized carbons (Fsp3) is 1.00. The molecule has 5 fully saturated rings. The van der Waals surface area contributed by atoms with E-state index in [0.29, 0.717) is 16.7 Å². The smallest absolute Gasteiger partial charge is 0.198 e. The van der Waals surface area contributed by atoms with E-state index < -0.39 is 11.4 Å². The maximum absolute atomic E-state index is 11.2. The predicted octanol–water partition coefficient (Wildman–Crippen LogP) is 6.95. The molecular formula is C30H52O3. The van der Waals surface area contributed by atoms with E-state index in [1.54, 1.807) is 0 Å². The van der Waals surface area contributed by atoms with Crippen LogP contribution in [0.2, 0.25) is 0 Å². The van der Waals surface area contributed by atoms with Crippen molar-refractivity contribution >= 4 is 0 Å². The minimum Gasteiger partial charge on any atom is -0.390 e. The first-order valence-corrected chi connectivity index (χ1v) is 14.2. The van der Waals surface area contributed by atoms with Crippen LogP contribution in [0.4, 0.5) is 0 Å². The topological polar surface area (TPSA) is 53.0 Å². The highest BCUT2D eigenvalue weighted by atomic mass is 16.7. The third kappa shape index (κ3) is 3.23. The van der Waals surface area contributed by atoms with Crippen LogP contribution in [-0.2, 0) is 4.74 Å². The third-order valence-corrected chi connectivity index (χ3v) is 13.0. The molecule has 5 rings (SSSR count). The van der Waals surface area contributed by atoms with E-state index >= 15 is 0 Å². The molecule has 4 aliphatic carbocycles. The number of fused-ring (bicyclic) bond motifs is 6. The summed E-state index contributed by atoms with van der Waals surface area (Å²) < 4.78 is 6.01. The van der Waals surface area contributed by atoms with Gasteiger partial charge in [-0.25, -0.2) is 0 Å². The highest BCUT2D eigenvalue weighted by Gasteiger charge is 2.77. The van der Waals surface area contributed by atoms with Crippen LogP contribution in [0, 0.1) is 51.2 Å². The Kier molecular flexibility index (Phi) is 5.38. The zero-order valence-electron chi connectivity index (χ0n) is 22.8. The fourth-order valence-electron chi connectivity index (χ4n) is 11.0. The monoisotopic (exact) mass is 460 g/mol. The summed E-state index contributed by atoms with van der Waals surface area (Å²) in [6, 6.07) is 0. The van der Waals surface area contributed by atoms with Crippen molar-refractivity contribution in [2.75, 3.05) is 0 Å². The lowest BCUT2D eigenvalue weighted by molar-refractivity contribution is -0.226. The molecular weight excluding hydrogens is 408 g/mol. The van der Waals surface area contributed by atoms with Crippen molar-refractivity contribution in [3.05, 3.63) is 0 Å². The normalized spacial score (nSPS) is 53.5. The zero-order valence-corrected chi connectivity index (χ0v) is 22.8. The molecule has 1 aliphatic heterocycles. The second-order valence-corrected chi connectivity index (χ2v) is 15.3. The Balaban J connectivity index is 1.37. The Morgan fingerprint density at radius 2 is 1.61 bits per heavy atom. The fourth-order valence-corrected chi connectivity index (χ4v) is 11.0. The van der Waals surface area contributed by atoms with Crippen LogP contribution in [0.25, 0.3) is 0 Å². The average molecular weight is 461 g/mol. The van der Waals surface area contributed by atoms with Gasteiger partial charge in [-0.05, 0) is 111 Å². The van der Waals surface area contributed by atoms with Crippen LogP contribution < -0.4 is 0 Å². The molecule has 0 bridgehead atoms.